The number of ketones is 1. The highest BCUT2D eigenvalue weighted by Crippen LogP contribution is 2.44. The lowest BCUT2D eigenvalue weighted by Gasteiger charge is -2.23. The Morgan fingerprint density at radius 2 is 1.85 bits per heavy atom. The van der Waals surface area contributed by atoms with E-state index in [-0.39, 0.29) is 11.3 Å². The number of rotatable bonds is 4. The fourth-order valence-corrected chi connectivity index (χ4v) is 5.26. The van der Waals surface area contributed by atoms with Crippen LogP contribution in [0, 0.1) is 6.92 Å². The molecular weight excluding hydrogens is 472 g/mol. The highest BCUT2D eigenvalue weighted by atomic mass is 35.5. The number of amides is 1. The predicted octanol–water partition coefficient (Wildman–Crippen LogP) is 5.89. The van der Waals surface area contributed by atoms with Crippen molar-refractivity contribution in [1.82, 2.24) is 4.98 Å². The van der Waals surface area contributed by atoms with Crippen LogP contribution in [0.4, 0.5) is 5.13 Å². The summed E-state index contributed by atoms with van der Waals surface area (Å²) in [7, 11) is 1.54. The van der Waals surface area contributed by atoms with Crippen molar-refractivity contribution < 1.29 is 19.4 Å². The van der Waals surface area contributed by atoms with Gasteiger partial charge in [0.25, 0.3) is 5.78 Å². The molecule has 5 rings (SSSR count). The number of aliphatic hydroxyl groups excluding tert-OH is 1. The monoisotopic (exact) mass is 490 g/mol. The van der Waals surface area contributed by atoms with Crippen molar-refractivity contribution in [1.29, 1.82) is 0 Å². The average molecular weight is 491 g/mol. The third kappa shape index (κ3) is 3.73. The van der Waals surface area contributed by atoms with Crippen LogP contribution < -0.4 is 9.64 Å². The first kappa shape index (κ1) is 22.1. The molecule has 0 aliphatic carbocycles. The molecule has 1 aliphatic heterocycles. The standard InChI is InChI=1S/C26H19ClN2O4S/c1-14-6-11-19-20(12-14)34-26(28-19)29-22(16-4-3-5-18(13-16)33-2)21(24(31)25(29)32)23(30)15-7-9-17(27)10-8-15/h3-13,22,30H,1-2H3. The van der Waals surface area contributed by atoms with Gasteiger partial charge in [0.2, 0.25) is 0 Å². The quantitative estimate of drug-likeness (QED) is 0.219. The summed E-state index contributed by atoms with van der Waals surface area (Å²) in [4.78, 5) is 32.6. The second-order valence-corrected chi connectivity index (χ2v) is 9.37. The van der Waals surface area contributed by atoms with Crippen LogP contribution in [0.2, 0.25) is 5.02 Å². The second-order valence-electron chi connectivity index (χ2n) is 7.92. The van der Waals surface area contributed by atoms with Gasteiger partial charge in [-0.25, -0.2) is 4.98 Å². The van der Waals surface area contributed by atoms with Crippen molar-refractivity contribution in [3.63, 3.8) is 0 Å². The molecule has 2 heterocycles. The van der Waals surface area contributed by atoms with Crippen LogP contribution in [0.5, 0.6) is 5.75 Å². The van der Waals surface area contributed by atoms with E-state index in [9.17, 15) is 14.7 Å². The van der Waals surface area contributed by atoms with Crippen LogP contribution in [-0.2, 0) is 9.59 Å². The Morgan fingerprint density at radius 3 is 2.59 bits per heavy atom. The maximum atomic E-state index is 13.3. The molecule has 1 amide bonds. The normalized spacial score (nSPS) is 17.5. The minimum absolute atomic E-state index is 0.0176. The van der Waals surface area contributed by atoms with Crippen molar-refractivity contribution in [2.75, 3.05) is 12.0 Å². The molecule has 1 atom stereocenters. The predicted molar refractivity (Wildman–Crippen MR) is 134 cm³/mol. The lowest BCUT2D eigenvalue weighted by atomic mass is 9.95. The molecule has 0 bridgehead atoms. The Balaban J connectivity index is 1.74. The molecule has 0 radical (unpaired) electrons. The Hall–Kier alpha value is -3.68. The van der Waals surface area contributed by atoms with Crippen LogP contribution >= 0.6 is 22.9 Å². The molecule has 1 unspecified atom stereocenters. The number of aliphatic hydroxyl groups is 1. The van der Waals surface area contributed by atoms with Gasteiger partial charge in [0.1, 0.15) is 11.5 Å². The summed E-state index contributed by atoms with van der Waals surface area (Å²) in [6.45, 7) is 1.98. The zero-order valence-electron chi connectivity index (χ0n) is 18.3. The molecule has 4 aromatic rings. The van der Waals surface area contributed by atoms with E-state index in [1.54, 1.807) is 55.6 Å². The van der Waals surface area contributed by atoms with Crippen LogP contribution in [0.25, 0.3) is 16.0 Å². The van der Waals surface area contributed by atoms with E-state index in [1.807, 2.05) is 25.1 Å². The number of thiazole rings is 1. The van der Waals surface area contributed by atoms with Crippen molar-refractivity contribution in [3.8, 4) is 5.75 Å². The van der Waals surface area contributed by atoms with E-state index in [2.05, 4.69) is 4.98 Å². The van der Waals surface area contributed by atoms with Crippen LogP contribution in [-0.4, -0.2) is 28.9 Å². The van der Waals surface area contributed by atoms with Crippen LogP contribution in [0.15, 0.2) is 72.3 Å². The van der Waals surface area contributed by atoms with E-state index < -0.39 is 17.7 Å². The fourth-order valence-electron chi connectivity index (χ4n) is 4.04. The number of hydrogen-bond acceptors (Lipinski definition) is 6. The highest BCUT2D eigenvalue weighted by molar-refractivity contribution is 7.22. The molecule has 1 aliphatic rings. The number of halogens is 1. The highest BCUT2D eigenvalue weighted by Gasteiger charge is 2.48. The molecule has 1 saturated heterocycles. The molecule has 3 aromatic carbocycles. The molecule has 1 aromatic heterocycles. The van der Waals surface area contributed by atoms with E-state index in [4.69, 9.17) is 16.3 Å². The number of ether oxygens (including phenoxy) is 1. The lowest BCUT2D eigenvalue weighted by Crippen LogP contribution is -2.29. The minimum atomic E-state index is -0.882. The number of carbonyl (C=O) groups excluding carboxylic acids is 2. The van der Waals surface area contributed by atoms with Crippen molar-refractivity contribution in [2.45, 2.75) is 13.0 Å². The summed E-state index contributed by atoms with van der Waals surface area (Å²) in [6.07, 6.45) is 0. The van der Waals surface area contributed by atoms with Crippen molar-refractivity contribution >= 4 is 55.7 Å². The van der Waals surface area contributed by atoms with Crippen LogP contribution in [0.3, 0.4) is 0 Å². The molecule has 1 fully saturated rings. The summed E-state index contributed by atoms with van der Waals surface area (Å²) in [5.74, 6) is -1.24. The molecule has 0 spiro atoms. The number of nitrogens with zero attached hydrogens (tertiary/aromatic N) is 2. The third-order valence-electron chi connectivity index (χ3n) is 5.71. The number of anilines is 1. The van der Waals surface area contributed by atoms with Crippen molar-refractivity contribution in [3.05, 3.63) is 94.0 Å². The van der Waals surface area contributed by atoms with E-state index in [1.165, 1.54) is 16.2 Å². The van der Waals surface area contributed by atoms with Gasteiger partial charge in [-0.2, -0.15) is 0 Å². The molecule has 6 nitrogen and oxygen atoms in total. The Bertz CT molecular complexity index is 1480. The lowest BCUT2D eigenvalue weighted by molar-refractivity contribution is -0.132. The molecule has 8 heteroatoms. The molecular formula is C26H19ClN2O4S. The topological polar surface area (TPSA) is 79.7 Å². The first-order chi connectivity index (χ1) is 16.4. The van der Waals surface area contributed by atoms with Gasteiger partial charge < -0.3 is 9.84 Å². The third-order valence-corrected chi connectivity index (χ3v) is 6.98. The van der Waals surface area contributed by atoms with E-state index in [0.717, 1.165) is 15.8 Å². The van der Waals surface area contributed by atoms with Gasteiger partial charge in [-0.1, -0.05) is 41.1 Å². The van der Waals surface area contributed by atoms with Gasteiger partial charge in [-0.15, -0.1) is 0 Å². The molecule has 0 saturated carbocycles. The number of hydrogen-bond donors (Lipinski definition) is 1. The number of aromatic nitrogens is 1. The van der Waals surface area contributed by atoms with Crippen LogP contribution in [0.1, 0.15) is 22.7 Å². The smallest absolute Gasteiger partial charge is 0.301 e. The zero-order chi connectivity index (χ0) is 24.0. The van der Waals surface area contributed by atoms with E-state index in [0.29, 0.717) is 27.0 Å². The number of fused-ring (bicyclic) bond motifs is 1. The van der Waals surface area contributed by atoms with Gasteiger partial charge in [-0.05, 0) is 66.6 Å². The summed E-state index contributed by atoms with van der Waals surface area (Å²) >= 11 is 7.31. The van der Waals surface area contributed by atoms with Crippen molar-refractivity contribution in [2.24, 2.45) is 0 Å². The van der Waals surface area contributed by atoms with Gasteiger partial charge in [0, 0.05) is 10.6 Å². The Morgan fingerprint density at radius 1 is 1.09 bits per heavy atom. The Kier molecular flexibility index (Phi) is 5.59. The molecule has 170 valence electrons. The summed E-state index contributed by atoms with van der Waals surface area (Å²) in [6, 6.07) is 18.5. The number of carbonyl (C=O) groups is 2. The van der Waals surface area contributed by atoms with Gasteiger partial charge in [0.15, 0.2) is 5.13 Å². The number of Topliss-reactive ketones (excluding diaryl/α,β-unsaturated/α-hetero) is 1. The van der Waals surface area contributed by atoms with E-state index >= 15 is 0 Å². The first-order valence-electron chi connectivity index (χ1n) is 10.5. The number of methoxy groups -OCH3 is 1. The second kappa shape index (κ2) is 8.59. The average Bonchev–Trinajstić information content (AvgIpc) is 3.37. The summed E-state index contributed by atoms with van der Waals surface area (Å²) in [5.41, 5.74) is 2.78. The maximum Gasteiger partial charge on any atom is 0.301 e. The Labute approximate surface area is 204 Å². The molecule has 1 N–H and O–H groups in total. The summed E-state index contributed by atoms with van der Waals surface area (Å²) < 4.78 is 6.27. The SMILES string of the molecule is COc1cccc(C2C(=C(O)c3ccc(Cl)cc3)C(=O)C(=O)N2c2nc3ccc(C)cc3s2)c1. The fraction of sp³-hybridized carbons (Fsp3) is 0.115. The van der Waals surface area contributed by atoms with Gasteiger partial charge in [-0.3, -0.25) is 14.5 Å². The number of benzene rings is 3. The summed E-state index contributed by atoms with van der Waals surface area (Å²) in [5, 5.41) is 12.1. The van der Waals surface area contributed by atoms with Gasteiger partial charge in [0.05, 0.1) is 28.9 Å². The van der Waals surface area contributed by atoms with Gasteiger partial charge >= 0.3 is 5.91 Å². The first-order valence-corrected chi connectivity index (χ1v) is 11.6. The largest absolute Gasteiger partial charge is 0.507 e. The maximum absolute atomic E-state index is 13.3. The zero-order valence-corrected chi connectivity index (χ0v) is 19.9. The molecule has 34 heavy (non-hydrogen) atoms. The minimum Gasteiger partial charge on any atom is -0.507 e. The number of aryl methyl sites for hydroxylation is 1.